The second-order valence-corrected chi connectivity index (χ2v) is 3.97. The van der Waals surface area contributed by atoms with Crippen molar-refractivity contribution in [3.8, 4) is 0 Å². The van der Waals surface area contributed by atoms with E-state index in [2.05, 4.69) is 10.3 Å². The molecule has 0 saturated carbocycles. The first-order chi connectivity index (χ1) is 8.90. The van der Waals surface area contributed by atoms with Crippen LogP contribution in [0.4, 0.5) is 34.8 Å². The van der Waals surface area contributed by atoms with E-state index < -0.39 is 29.0 Å². The maximum atomic E-state index is 13.4. The smallest absolute Gasteiger partial charge is 0.185 e. The Hall–Kier alpha value is -2.02. The van der Waals surface area contributed by atoms with Crippen molar-refractivity contribution in [3.63, 3.8) is 0 Å². The molecule has 3 nitrogen and oxygen atoms in total. The molecule has 0 bridgehead atoms. The van der Waals surface area contributed by atoms with Crippen LogP contribution in [0.5, 0.6) is 0 Å². The maximum Gasteiger partial charge on any atom is 0.185 e. The Bertz CT molecular complexity index is 622. The molecule has 3 N–H and O–H groups in total. The summed E-state index contributed by atoms with van der Waals surface area (Å²) in [6.07, 6.45) is 1.17. The van der Waals surface area contributed by atoms with Crippen LogP contribution in [0.3, 0.4) is 0 Å². The average Bonchev–Trinajstić information content (AvgIpc) is 2.34. The van der Waals surface area contributed by atoms with Crippen LogP contribution in [0.25, 0.3) is 0 Å². The highest BCUT2D eigenvalue weighted by Gasteiger charge is 2.20. The van der Waals surface area contributed by atoms with Crippen molar-refractivity contribution in [2.24, 2.45) is 0 Å². The summed E-state index contributed by atoms with van der Waals surface area (Å²) in [7, 11) is 0. The Balaban J connectivity index is 2.49. The van der Waals surface area contributed by atoms with Gasteiger partial charge in [0.25, 0.3) is 0 Å². The first-order valence-electron chi connectivity index (χ1n) is 4.91. The number of hydrogen-bond acceptors (Lipinski definition) is 3. The Labute approximate surface area is 110 Å². The molecule has 0 amide bonds. The van der Waals surface area contributed by atoms with Crippen molar-refractivity contribution in [2.75, 3.05) is 11.1 Å². The molecule has 1 aromatic heterocycles. The quantitative estimate of drug-likeness (QED) is 0.656. The molecular weight excluding hydrogens is 286 g/mol. The van der Waals surface area contributed by atoms with Crippen molar-refractivity contribution >= 4 is 28.8 Å². The van der Waals surface area contributed by atoms with E-state index in [1.807, 2.05) is 0 Å². The summed E-state index contributed by atoms with van der Waals surface area (Å²) in [5, 5.41) is 2.04. The fourth-order valence-corrected chi connectivity index (χ4v) is 1.57. The Morgan fingerprint density at radius 1 is 1.05 bits per heavy atom. The van der Waals surface area contributed by atoms with E-state index in [1.165, 1.54) is 12.3 Å². The van der Waals surface area contributed by atoms with Gasteiger partial charge in [-0.15, -0.1) is 0 Å². The van der Waals surface area contributed by atoms with E-state index in [1.54, 1.807) is 0 Å². The fraction of sp³-hybridized carbons (Fsp3) is 0. The highest BCUT2D eigenvalue weighted by Crippen LogP contribution is 2.30. The lowest BCUT2D eigenvalue weighted by Crippen LogP contribution is -2.04. The minimum Gasteiger partial charge on any atom is -0.397 e. The van der Waals surface area contributed by atoms with Crippen molar-refractivity contribution in [1.82, 2.24) is 4.98 Å². The van der Waals surface area contributed by atoms with E-state index in [0.717, 1.165) is 0 Å². The maximum absolute atomic E-state index is 13.4. The normalized spacial score (nSPS) is 10.6. The number of benzene rings is 1. The topological polar surface area (TPSA) is 50.9 Å². The zero-order chi connectivity index (χ0) is 14.2. The van der Waals surface area contributed by atoms with Gasteiger partial charge in [0.2, 0.25) is 0 Å². The zero-order valence-electron chi connectivity index (χ0n) is 9.15. The van der Waals surface area contributed by atoms with Crippen molar-refractivity contribution < 1.29 is 17.6 Å². The first-order valence-corrected chi connectivity index (χ1v) is 5.29. The molecular formula is C11H6ClF4N3. The van der Waals surface area contributed by atoms with Gasteiger partial charge in [0, 0.05) is 6.07 Å². The van der Waals surface area contributed by atoms with Gasteiger partial charge in [-0.1, -0.05) is 11.6 Å². The SMILES string of the molecule is Nc1cnc(Nc2c(F)c(F)cc(F)c2F)c(Cl)c1. The molecule has 0 atom stereocenters. The molecule has 0 aliphatic heterocycles. The van der Waals surface area contributed by atoms with E-state index >= 15 is 0 Å². The second kappa shape index (κ2) is 4.93. The number of hydrogen-bond donors (Lipinski definition) is 2. The van der Waals surface area contributed by atoms with Crippen LogP contribution in [0, 0.1) is 23.3 Å². The van der Waals surface area contributed by atoms with E-state index in [9.17, 15) is 17.6 Å². The Morgan fingerprint density at radius 3 is 2.16 bits per heavy atom. The fourth-order valence-electron chi connectivity index (χ4n) is 1.35. The molecule has 8 heteroatoms. The van der Waals surface area contributed by atoms with E-state index in [4.69, 9.17) is 17.3 Å². The standard InChI is InChI=1S/C11H6ClF4N3/c12-5-1-4(17)3-18-11(5)19-10-8(15)6(13)2-7(14)9(10)16/h1-3H,17H2,(H,18,19). The summed E-state index contributed by atoms with van der Waals surface area (Å²) in [5.74, 6) is -6.40. The minimum absolute atomic E-state index is 0.0523. The summed E-state index contributed by atoms with van der Waals surface area (Å²) < 4.78 is 52.8. The molecule has 0 unspecified atom stereocenters. The van der Waals surface area contributed by atoms with Crippen molar-refractivity contribution in [2.45, 2.75) is 0 Å². The number of pyridine rings is 1. The summed E-state index contributed by atoms with van der Waals surface area (Å²) in [5.41, 5.74) is 4.59. The number of anilines is 3. The van der Waals surface area contributed by atoms with Crippen LogP contribution >= 0.6 is 11.6 Å². The van der Waals surface area contributed by atoms with Crippen molar-refractivity contribution in [3.05, 3.63) is 46.6 Å². The molecule has 1 aromatic carbocycles. The number of rotatable bonds is 2. The molecule has 0 spiro atoms. The number of nitrogens with two attached hydrogens (primary N) is 1. The van der Waals surface area contributed by atoms with Gasteiger partial charge in [-0.2, -0.15) is 0 Å². The van der Waals surface area contributed by atoms with Gasteiger partial charge >= 0.3 is 0 Å². The summed E-state index contributed by atoms with van der Waals surface area (Å²) in [6, 6.07) is 1.37. The second-order valence-electron chi connectivity index (χ2n) is 3.57. The van der Waals surface area contributed by atoms with E-state index in [0.29, 0.717) is 0 Å². The third-order valence-corrected chi connectivity index (χ3v) is 2.51. The molecule has 100 valence electrons. The summed E-state index contributed by atoms with van der Waals surface area (Å²) >= 11 is 5.73. The minimum atomic E-state index is -1.58. The molecule has 2 rings (SSSR count). The van der Waals surface area contributed by atoms with Gasteiger partial charge in [-0.05, 0) is 6.07 Å². The van der Waals surface area contributed by atoms with Gasteiger partial charge in [0.1, 0.15) is 11.5 Å². The largest absolute Gasteiger partial charge is 0.397 e. The van der Waals surface area contributed by atoms with Crippen LogP contribution in [0.2, 0.25) is 5.02 Å². The van der Waals surface area contributed by atoms with Crippen LogP contribution in [-0.4, -0.2) is 4.98 Å². The predicted octanol–water partition coefficient (Wildman–Crippen LogP) is 3.62. The highest BCUT2D eigenvalue weighted by molar-refractivity contribution is 6.33. The number of aromatic nitrogens is 1. The van der Waals surface area contributed by atoms with Crippen LogP contribution in [0.1, 0.15) is 0 Å². The Kier molecular flexibility index (Phi) is 3.48. The third-order valence-electron chi connectivity index (χ3n) is 2.22. The van der Waals surface area contributed by atoms with Gasteiger partial charge in [-0.3, -0.25) is 0 Å². The van der Waals surface area contributed by atoms with Crippen LogP contribution < -0.4 is 11.1 Å². The molecule has 19 heavy (non-hydrogen) atoms. The number of nitrogen functional groups attached to an aromatic ring is 1. The Morgan fingerprint density at radius 2 is 1.63 bits per heavy atom. The van der Waals surface area contributed by atoms with Crippen molar-refractivity contribution in [1.29, 1.82) is 0 Å². The van der Waals surface area contributed by atoms with Crippen LogP contribution in [-0.2, 0) is 0 Å². The molecule has 1 heterocycles. The zero-order valence-corrected chi connectivity index (χ0v) is 9.90. The lowest BCUT2D eigenvalue weighted by molar-refractivity contribution is 0.459. The summed E-state index contributed by atoms with van der Waals surface area (Å²) in [4.78, 5) is 3.67. The van der Waals surface area contributed by atoms with Gasteiger partial charge in [0.15, 0.2) is 23.3 Å². The third kappa shape index (κ3) is 2.55. The highest BCUT2D eigenvalue weighted by atomic mass is 35.5. The molecule has 0 saturated heterocycles. The van der Waals surface area contributed by atoms with Gasteiger partial charge in [0.05, 0.1) is 16.9 Å². The van der Waals surface area contributed by atoms with Gasteiger partial charge in [-0.25, -0.2) is 22.5 Å². The van der Waals surface area contributed by atoms with Gasteiger partial charge < -0.3 is 11.1 Å². The first kappa shape index (κ1) is 13.4. The predicted molar refractivity (Wildman–Crippen MR) is 63.2 cm³/mol. The van der Waals surface area contributed by atoms with E-state index in [-0.39, 0.29) is 22.6 Å². The molecule has 2 aromatic rings. The number of nitrogens with one attached hydrogen (secondary N) is 1. The average molecular weight is 292 g/mol. The van der Waals surface area contributed by atoms with Crippen LogP contribution in [0.15, 0.2) is 18.3 Å². The molecule has 0 aliphatic rings. The molecule has 0 aliphatic carbocycles. The monoisotopic (exact) mass is 291 g/mol. The number of nitrogens with zero attached hydrogens (tertiary/aromatic N) is 1. The number of halogens is 5. The molecule has 0 fully saturated rings. The summed E-state index contributed by atoms with van der Waals surface area (Å²) in [6.45, 7) is 0. The molecule has 0 radical (unpaired) electrons. The lowest BCUT2D eigenvalue weighted by Gasteiger charge is -2.10. The lowest BCUT2D eigenvalue weighted by atomic mass is 10.2.